The summed E-state index contributed by atoms with van der Waals surface area (Å²) in [6.07, 6.45) is 1.55. The van der Waals surface area contributed by atoms with Gasteiger partial charge in [-0.25, -0.2) is 4.39 Å². The van der Waals surface area contributed by atoms with Crippen molar-refractivity contribution in [1.29, 1.82) is 0 Å². The molecule has 1 aromatic carbocycles. The highest BCUT2D eigenvalue weighted by Gasteiger charge is 2.19. The van der Waals surface area contributed by atoms with Gasteiger partial charge in [0.2, 0.25) is 0 Å². The fraction of sp³-hybridized carbons (Fsp3) is 0.182. The van der Waals surface area contributed by atoms with Crippen molar-refractivity contribution in [1.82, 2.24) is 10.2 Å². The fourth-order valence-electron chi connectivity index (χ4n) is 1.71. The number of ether oxygens (including phenoxy) is 1. The molecule has 0 saturated heterocycles. The standard InChI is InChI=1S/C11H11BrFN3O/c1-5-8(13)3-7(12)10(17-2)9(5)6-4-15-16-11(6)14/h3-4H,1-2H3,(H3,14,15,16). The molecule has 0 saturated carbocycles. The molecule has 0 atom stereocenters. The third-order valence-corrected chi connectivity index (χ3v) is 3.16. The Morgan fingerprint density at radius 1 is 1.53 bits per heavy atom. The summed E-state index contributed by atoms with van der Waals surface area (Å²) >= 11 is 3.27. The molecule has 0 fully saturated rings. The fourth-order valence-corrected chi connectivity index (χ4v) is 2.27. The molecule has 0 aliphatic rings. The Hall–Kier alpha value is -1.56. The average Bonchev–Trinajstić information content (AvgIpc) is 2.69. The number of nitrogens with two attached hydrogens (primary N) is 1. The van der Waals surface area contributed by atoms with E-state index < -0.39 is 0 Å². The molecule has 17 heavy (non-hydrogen) atoms. The molecule has 0 unspecified atom stereocenters. The van der Waals surface area contributed by atoms with Crippen molar-refractivity contribution in [3.05, 3.63) is 28.1 Å². The molecule has 90 valence electrons. The third kappa shape index (κ3) is 1.88. The number of nitrogens with one attached hydrogen (secondary N) is 1. The van der Waals surface area contributed by atoms with Crippen molar-refractivity contribution < 1.29 is 9.13 Å². The van der Waals surface area contributed by atoms with Gasteiger partial charge in [0.1, 0.15) is 17.4 Å². The highest BCUT2D eigenvalue weighted by atomic mass is 79.9. The van der Waals surface area contributed by atoms with Crippen molar-refractivity contribution in [3.8, 4) is 16.9 Å². The van der Waals surface area contributed by atoms with Gasteiger partial charge in [-0.2, -0.15) is 5.10 Å². The summed E-state index contributed by atoms with van der Waals surface area (Å²) in [7, 11) is 1.53. The summed E-state index contributed by atoms with van der Waals surface area (Å²) in [5.41, 5.74) is 7.45. The number of halogens is 2. The van der Waals surface area contributed by atoms with E-state index in [2.05, 4.69) is 26.1 Å². The zero-order chi connectivity index (χ0) is 12.6. The number of nitrogens with zero attached hydrogens (tertiary/aromatic N) is 1. The molecular formula is C11H11BrFN3O. The van der Waals surface area contributed by atoms with Crippen molar-refractivity contribution in [2.75, 3.05) is 12.8 Å². The number of nitrogen functional groups attached to an aromatic ring is 1. The van der Waals surface area contributed by atoms with Gasteiger partial charge in [0.25, 0.3) is 0 Å². The van der Waals surface area contributed by atoms with Gasteiger partial charge in [-0.15, -0.1) is 0 Å². The number of benzene rings is 1. The summed E-state index contributed by atoms with van der Waals surface area (Å²) in [6, 6.07) is 1.37. The lowest BCUT2D eigenvalue weighted by atomic mass is 10.0. The summed E-state index contributed by atoms with van der Waals surface area (Å²) in [6.45, 7) is 1.67. The lowest BCUT2D eigenvalue weighted by molar-refractivity contribution is 0.412. The van der Waals surface area contributed by atoms with E-state index in [4.69, 9.17) is 10.5 Å². The minimum absolute atomic E-state index is 0.326. The van der Waals surface area contributed by atoms with Gasteiger partial charge in [0.05, 0.1) is 17.8 Å². The summed E-state index contributed by atoms with van der Waals surface area (Å²) in [4.78, 5) is 0. The number of anilines is 1. The molecule has 1 aromatic heterocycles. The van der Waals surface area contributed by atoms with Crippen LogP contribution in [-0.2, 0) is 0 Å². The second-order valence-corrected chi connectivity index (χ2v) is 4.43. The van der Waals surface area contributed by atoms with Crippen LogP contribution >= 0.6 is 15.9 Å². The predicted molar refractivity (Wildman–Crippen MR) is 67.4 cm³/mol. The Labute approximate surface area is 106 Å². The zero-order valence-electron chi connectivity index (χ0n) is 9.34. The molecule has 0 aliphatic heterocycles. The maximum absolute atomic E-state index is 13.7. The quantitative estimate of drug-likeness (QED) is 0.896. The van der Waals surface area contributed by atoms with Crippen LogP contribution in [0.3, 0.4) is 0 Å². The van der Waals surface area contributed by atoms with Gasteiger partial charge < -0.3 is 10.5 Å². The molecule has 0 radical (unpaired) electrons. The van der Waals surface area contributed by atoms with Crippen LogP contribution < -0.4 is 10.5 Å². The number of aromatic amines is 1. The van der Waals surface area contributed by atoms with Crippen LogP contribution in [0.5, 0.6) is 5.75 Å². The van der Waals surface area contributed by atoms with Gasteiger partial charge in [0, 0.05) is 11.1 Å². The van der Waals surface area contributed by atoms with Crippen LogP contribution in [0.15, 0.2) is 16.7 Å². The minimum Gasteiger partial charge on any atom is -0.495 e. The SMILES string of the molecule is COc1c(Br)cc(F)c(C)c1-c1cn[nH]c1N. The molecule has 0 spiro atoms. The number of aromatic nitrogens is 2. The third-order valence-electron chi connectivity index (χ3n) is 2.57. The predicted octanol–water partition coefficient (Wildman–Crippen LogP) is 2.88. The molecular weight excluding hydrogens is 289 g/mol. The van der Waals surface area contributed by atoms with Crippen LogP contribution in [0.2, 0.25) is 0 Å². The van der Waals surface area contributed by atoms with E-state index in [0.717, 1.165) is 0 Å². The van der Waals surface area contributed by atoms with Crippen LogP contribution in [0, 0.1) is 12.7 Å². The van der Waals surface area contributed by atoms with Gasteiger partial charge in [-0.05, 0) is 34.5 Å². The van der Waals surface area contributed by atoms with E-state index in [1.165, 1.54) is 13.2 Å². The van der Waals surface area contributed by atoms with Gasteiger partial charge in [0.15, 0.2) is 0 Å². The molecule has 4 nitrogen and oxygen atoms in total. The summed E-state index contributed by atoms with van der Waals surface area (Å²) in [5, 5.41) is 6.45. The molecule has 2 rings (SSSR count). The first-order valence-electron chi connectivity index (χ1n) is 4.88. The van der Waals surface area contributed by atoms with Crippen LogP contribution in [0.4, 0.5) is 10.2 Å². The summed E-state index contributed by atoms with van der Waals surface area (Å²) < 4.78 is 19.5. The average molecular weight is 300 g/mol. The van der Waals surface area contributed by atoms with E-state index >= 15 is 0 Å². The van der Waals surface area contributed by atoms with Crippen LogP contribution in [-0.4, -0.2) is 17.3 Å². The largest absolute Gasteiger partial charge is 0.495 e. The first-order valence-corrected chi connectivity index (χ1v) is 5.67. The first kappa shape index (κ1) is 11.9. The molecule has 0 aliphatic carbocycles. The Kier molecular flexibility index (Phi) is 3.06. The molecule has 3 N–H and O–H groups in total. The Balaban J connectivity index is 2.80. The van der Waals surface area contributed by atoms with Gasteiger partial charge >= 0.3 is 0 Å². The molecule has 2 aromatic rings. The highest BCUT2D eigenvalue weighted by molar-refractivity contribution is 9.10. The molecule has 0 bridgehead atoms. The maximum Gasteiger partial charge on any atom is 0.141 e. The summed E-state index contributed by atoms with van der Waals surface area (Å²) in [5.74, 6) is 0.592. The van der Waals surface area contributed by atoms with E-state index in [9.17, 15) is 4.39 Å². The van der Waals surface area contributed by atoms with E-state index in [-0.39, 0.29) is 5.82 Å². The van der Waals surface area contributed by atoms with Crippen molar-refractivity contribution in [3.63, 3.8) is 0 Å². The monoisotopic (exact) mass is 299 g/mol. The van der Waals surface area contributed by atoms with E-state index in [1.807, 2.05) is 0 Å². The zero-order valence-corrected chi connectivity index (χ0v) is 10.9. The van der Waals surface area contributed by atoms with Crippen molar-refractivity contribution in [2.45, 2.75) is 6.92 Å². The molecule has 6 heteroatoms. The van der Waals surface area contributed by atoms with Crippen LogP contribution in [0.25, 0.3) is 11.1 Å². The van der Waals surface area contributed by atoms with E-state index in [0.29, 0.717) is 32.7 Å². The van der Waals surface area contributed by atoms with Crippen molar-refractivity contribution >= 4 is 21.7 Å². The first-order chi connectivity index (χ1) is 8.06. The Morgan fingerprint density at radius 2 is 2.24 bits per heavy atom. The number of hydrogen-bond acceptors (Lipinski definition) is 3. The molecule has 0 amide bonds. The maximum atomic E-state index is 13.7. The molecule has 1 heterocycles. The lowest BCUT2D eigenvalue weighted by Gasteiger charge is -2.13. The Morgan fingerprint density at radius 3 is 2.76 bits per heavy atom. The van der Waals surface area contributed by atoms with Crippen LogP contribution in [0.1, 0.15) is 5.56 Å². The number of hydrogen-bond donors (Lipinski definition) is 2. The van der Waals surface area contributed by atoms with Crippen molar-refractivity contribution in [2.24, 2.45) is 0 Å². The van der Waals surface area contributed by atoms with Gasteiger partial charge in [-0.1, -0.05) is 0 Å². The van der Waals surface area contributed by atoms with Gasteiger partial charge in [-0.3, -0.25) is 5.10 Å². The number of H-pyrrole nitrogens is 1. The number of rotatable bonds is 2. The lowest BCUT2D eigenvalue weighted by Crippen LogP contribution is -1.97. The minimum atomic E-state index is -0.326. The van der Waals surface area contributed by atoms with E-state index in [1.54, 1.807) is 13.1 Å². The normalized spacial score (nSPS) is 10.6. The topological polar surface area (TPSA) is 63.9 Å². The number of methoxy groups -OCH3 is 1. The second kappa shape index (κ2) is 4.37. The second-order valence-electron chi connectivity index (χ2n) is 3.57. The smallest absolute Gasteiger partial charge is 0.141 e. The Bertz CT molecular complexity index is 568. The highest BCUT2D eigenvalue weighted by Crippen LogP contribution is 2.41.